The molecule has 1 aromatic carbocycles. The van der Waals surface area contributed by atoms with E-state index in [-0.39, 0.29) is 17.7 Å². The van der Waals surface area contributed by atoms with Crippen LogP contribution < -0.4 is 10.6 Å². The van der Waals surface area contributed by atoms with E-state index in [2.05, 4.69) is 15.5 Å². The molecule has 138 valence electrons. The molecule has 0 aromatic heterocycles. The van der Waals surface area contributed by atoms with Crippen LogP contribution >= 0.6 is 11.6 Å². The summed E-state index contributed by atoms with van der Waals surface area (Å²) >= 11 is 6.08. The van der Waals surface area contributed by atoms with E-state index in [1.807, 2.05) is 6.92 Å². The maximum atomic E-state index is 12.5. The first-order chi connectivity index (χ1) is 12.0. The molecular weight excluding hydrogens is 342 g/mol. The van der Waals surface area contributed by atoms with Crippen LogP contribution in [-0.4, -0.2) is 56.6 Å². The Balaban J connectivity index is 1.93. The number of hydrogen-bond acceptors (Lipinski definition) is 4. The van der Waals surface area contributed by atoms with E-state index in [0.29, 0.717) is 29.4 Å². The van der Waals surface area contributed by atoms with Gasteiger partial charge in [-0.05, 0) is 51.1 Å². The Labute approximate surface area is 153 Å². The Bertz CT molecular complexity index is 601. The molecule has 0 atom stereocenters. The Morgan fingerprint density at radius 3 is 2.68 bits per heavy atom. The number of benzene rings is 1. The van der Waals surface area contributed by atoms with Gasteiger partial charge < -0.3 is 20.3 Å². The number of hydrogen-bond donors (Lipinski definition) is 2. The summed E-state index contributed by atoms with van der Waals surface area (Å²) in [5, 5.41) is 6.00. The van der Waals surface area contributed by atoms with Crippen molar-refractivity contribution >= 4 is 29.1 Å². The van der Waals surface area contributed by atoms with Gasteiger partial charge in [0.2, 0.25) is 5.91 Å². The summed E-state index contributed by atoms with van der Waals surface area (Å²) < 4.78 is 5.09. The van der Waals surface area contributed by atoms with Crippen LogP contribution in [-0.2, 0) is 9.53 Å². The minimum absolute atomic E-state index is 0.00411. The summed E-state index contributed by atoms with van der Waals surface area (Å²) in [6.07, 6.45) is 1.65. The fourth-order valence-corrected chi connectivity index (χ4v) is 3.12. The molecule has 0 spiro atoms. The van der Waals surface area contributed by atoms with Gasteiger partial charge in [-0.2, -0.15) is 0 Å². The van der Waals surface area contributed by atoms with Crippen molar-refractivity contribution < 1.29 is 14.3 Å². The van der Waals surface area contributed by atoms with Crippen molar-refractivity contribution in [2.75, 3.05) is 45.2 Å². The number of halogens is 1. The van der Waals surface area contributed by atoms with E-state index in [9.17, 15) is 9.59 Å². The zero-order chi connectivity index (χ0) is 18.2. The van der Waals surface area contributed by atoms with Crippen LogP contribution in [0.3, 0.4) is 0 Å². The summed E-state index contributed by atoms with van der Waals surface area (Å²) in [6, 6.07) is 4.98. The molecule has 2 amide bonds. The normalized spacial score (nSPS) is 15.8. The average Bonchev–Trinajstić information content (AvgIpc) is 2.62. The molecular formula is C18H26ClN3O3. The van der Waals surface area contributed by atoms with Crippen molar-refractivity contribution in [3.05, 3.63) is 28.8 Å². The number of methoxy groups -OCH3 is 1. The van der Waals surface area contributed by atoms with Crippen LogP contribution in [0, 0.1) is 5.92 Å². The van der Waals surface area contributed by atoms with Crippen molar-refractivity contribution in [1.82, 2.24) is 10.2 Å². The number of carbonyl (C=O) groups excluding carboxylic acids is 2. The van der Waals surface area contributed by atoms with Gasteiger partial charge in [0.25, 0.3) is 5.91 Å². The lowest BCUT2D eigenvalue weighted by molar-refractivity contribution is -0.121. The van der Waals surface area contributed by atoms with Gasteiger partial charge in [0.05, 0.1) is 17.2 Å². The summed E-state index contributed by atoms with van der Waals surface area (Å²) in [4.78, 5) is 26.8. The monoisotopic (exact) mass is 367 g/mol. The molecule has 0 radical (unpaired) electrons. The number of nitrogens with zero attached hydrogens (tertiary/aromatic N) is 1. The predicted molar refractivity (Wildman–Crippen MR) is 99.1 cm³/mol. The number of carbonyl (C=O) groups is 2. The van der Waals surface area contributed by atoms with Crippen LogP contribution in [0.25, 0.3) is 0 Å². The largest absolute Gasteiger partial charge is 0.383 e. The maximum absolute atomic E-state index is 12.5. The number of piperidine rings is 1. The summed E-state index contributed by atoms with van der Waals surface area (Å²) in [5.74, 6) is -0.256. The van der Waals surface area contributed by atoms with E-state index in [1.54, 1.807) is 25.3 Å². The Morgan fingerprint density at radius 1 is 1.32 bits per heavy atom. The molecule has 1 aliphatic rings. The van der Waals surface area contributed by atoms with Crippen molar-refractivity contribution in [3.63, 3.8) is 0 Å². The number of amides is 2. The van der Waals surface area contributed by atoms with Crippen molar-refractivity contribution in [2.45, 2.75) is 19.8 Å². The minimum atomic E-state index is -0.241. The number of anilines is 1. The summed E-state index contributed by atoms with van der Waals surface area (Å²) in [5.41, 5.74) is 0.966. The first kappa shape index (κ1) is 19.7. The van der Waals surface area contributed by atoms with Gasteiger partial charge in [0.15, 0.2) is 0 Å². The standard InChI is InChI=1S/C18H26ClN3O3/c1-3-20-18(24)15-12-14(4-5-16(15)19)21-17(23)13-6-8-22(9-7-13)10-11-25-2/h4-5,12-13H,3,6-11H2,1-2H3,(H,20,24)(H,21,23). The topological polar surface area (TPSA) is 70.7 Å². The quantitative estimate of drug-likeness (QED) is 0.776. The highest BCUT2D eigenvalue weighted by molar-refractivity contribution is 6.34. The van der Waals surface area contributed by atoms with E-state index >= 15 is 0 Å². The van der Waals surface area contributed by atoms with E-state index in [4.69, 9.17) is 16.3 Å². The van der Waals surface area contributed by atoms with Gasteiger partial charge >= 0.3 is 0 Å². The second-order valence-electron chi connectivity index (χ2n) is 6.15. The van der Waals surface area contributed by atoms with Crippen molar-refractivity contribution in [2.24, 2.45) is 5.92 Å². The molecule has 0 saturated carbocycles. The van der Waals surface area contributed by atoms with E-state index in [0.717, 1.165) is 32.5 Å². The van der Waals surface area contributed by atoms with E-state index < -0.39 is 0 Å². The second-order valence-corrected chi connectivity index (χ2v) is 6.56. The molecule has 25 heavy (non-hydrogen) atoms. The third-order valence-electron chi connectivity index (χ3n) is 4.39. The summed E-state index contributed by atoms with van der Waals surface area (Å²) in [6.45, 7) is 5.77. The van der Waals surface area contributed by atoms with Crippen LogP contribution in [0.4, 0.5) is 5.69 Å². The molecule has 1 fully saturated rings. The third-order valence-corrected chi connectivity index (χ3v) is 4.72. The number of likely N-dealkylation sites (tertiary alicyclic amines) is 1. The van der Waals surface area contributed by atoms with Crippen LogP contribution in [0.1, 0.15) is 30.1 Å². The smallest absolute Gasteiger partial charge is 0.252 e. The van der Waals surface area contributed by atoms with Gasteiger partial charge in [-0.25, -0.2) is 0 Å². The molecule has 2 N–H and O–H groups in total. The second kappa shape index (κ2) is 9.75. The molecule has 0 unspecified atom stereocenters. The zero-order valence-corrected chi connectivity index (χ0v) is 15.6. The molecule has 1 heterocycles. The fourth-order valence-electron chi connectivity index (χ4n) is 2.92. The molecule has 0 aliphatic carbocycles. The molecule has 1 aliphatic heterocycles. The molecule has 7 heteroatoms. The van der Waals surface area contributed by atoms with E-state index in [1.165, 1.54) is 0 Å². The van der Waals surface area contributed by atoms with Crippen LogP contribution in [0.2, 0.25) is 5.02 Å². The van der Waals surface area contributed by atoms with Crippen LogP contribution in [0.15, 0.2) is 18.2 Å². The SMILES string of the molecule is CCNC(=O)c1cc(NC(=O)C2CCN(CCOC)CC2)ccc1Cl. The Kier molecular flexibility index (Phi) is 7.68. The molecule has 0 bridgehead atoms. The zero-order valence-electron chi connectivity index (χ0n) is 14.8. The average molecular weight is 368 g/mol. The lowest BCUT2D eigenvalue weighted by Crippen LogP contribution is -2.39. The van der Waals surface area contributed by atoms with Crippen molar-refractivity contribution in [1.29, 1.82) is 0 Å². The first-order valence-corrected chi connectivity index (χ1v) is 9.02. The minimum Gasteiger partial charge on any atom is -0.383 e. The predicted octanol–water partition coefficient (Wildman–Crippen LogP) is 2.39. The molecule has 1 aromatic rings. The third kappa shape index (κ3) is 5.70. The Morgan fingerprint density at radius 2 is 2.04 bits per heavy atom. The van der Waals surface area contributed by atoms with Gasteiger partial charge in [0, 0.05) is 31.8 Å². The first-order valence-electron chi connectivity index (χ1n) is 8.65. The summed E-state index contributed by atoms with van der Waals surface area (Å²) in [7, 11) is 1.70. The number of ether oxygens (including phenoxy) is 1. The molecule has 6 nitrogen and oxygen atoms in total. The lowest BCUT2D eigenvalue weighted by atomic mass is 9.96. The van der Waals surface area contributed by atoms with Gasteiger partial charge in [-0.1, -0.05) is 11.6 Å². The number of nitrogens with one attached hydrogen (secondary N) is 2. The molecule has 1 saturated heterocycles. The Hall–Kier alpha value is -1.63. The highest BCUT2D eigenvalue weighted by Crippen LogP contribution is 2.23. The highest BCUT2D eigenvalue weighted by atomic mass is 35.5. The van der Waals surface area contributed by atoms with Crippen LogP contribution in [0.5, 0.6) is 0 Å². The number of rotatable bonds is 7. The highest BCUT2D eigenvalue weighted by Gasteiger charge is 2.25. The van der Waals surface area contributed by atoms with Gasteiger partial charge in [-0.3, -0.25) is 9.59 Å². The van der Waals surface area contributed by atoms with Gasteiger partial charge in [0.1, 0.15) is 0 Å². The molecule has 2 rings (SSSR count). The van der Waals surface area contributed by atoms with Crippen molar-refractivity contribution in [3.8, 4) is 0 Å². The van der Waals surface area contributed by atoms with Gasteiger partial charge in [-0.15, -0.1) is 0 Å². The maximum Gasteiger partial charge on any atom is 0.252 e. The lowest BCUT2D eigenvalue weighted by Gasteiger charge is -2.31. The fraction of sp³-hybridized carbons (Fsp3) is 0.556.